The predicted molar refractivity (Wildman–Crippen MR) is 79.9 cm³/mol. The monoisotopic (exact) mass is 293 g/mol. The van der Waals surface area contributed by atoms with Crippen molar-refractivity contribution in [3.63, 3.8) is 0 Å². The lowest BCUT2D eigenvalue weighted by molar-refractivity contribution is -0.137. The first-order valence-corrected chi connectivity index (χ1v) is 7.27. The third-order valence-corrected chi connectivity index (χ3v) is 3.08. The summed E-state index contributed by atoms with van der Waals surface area (Å²) >= 11 is 0. The van der Waals surface area contributed by atoms with E-state index < -0.39 is 5.97 Å². The molecule has 5 heteroatoms. The van der Waals surface area contributed by atoms with Gasteiger partial charge in [0.2, 0.25) is 5.91 Å². The van der Waals surface area contributed by atoms with Gasteiger partial charge in [-0.1, -0.05) is 30.3 Å². The van der Waals surface area contributed by atoms with Crippen molar-refractivity contribution in [1.29, 1.82) is 0 Å². The highest BCUT2D eigenvalue weighted by Crippen LogP contribution is 2.18. The number of nitrogens with one attached hydrogen (secondary N) is 1. The molecule has 0 bridgehead atoms. The molecular weight excluding hydrogens is 270 g/mol. The fraction of sp³-hybridized carbons (Fsp3) is 0.500. The molecule has 0 aromatic heterocycles. The van der Waals surface area contributed by atoms with Gasteiger partial charge in [0.15, 0.2) is 0 Å². The second kappa shape index (κ2) is 9.94. The van der Waals surface area contributed by atoms with E-state index in [1.54, 1.807) is 0 Å². The molecule has 1 unspecified atom stereocenters. The number of rotatable bonds is 10. The largest absolute Gasteiger partial charge is 0.481 e. The molecule has 0 heterocycles. The Morgan fingerprint density at radius 1 is 1.24 bits per heavy atom. The number of carboxylic acids is 1. The summed E-state index contributed by atoms with van der Waals surface area (Å²) in [7, 11) is 0. The summed E-state index contributed by atoms with van der Waals surface area (Å²) in [6.07, 6.45) is 1.46. The minimum Gasteiger partial charge on any atom is -0.481 e. The van der Waals surface area contributed by atoms with E-state index in [0.29, 0.717) is 32.5 Å². The van der Waals surface area contributed by atoms with E-state index in [1.165, 1.54) is 0 Å². The number of carbonyl (C=O) groups is 2. The quantitative estimate of drug-likeness (QED) is 0.650. The lowest BCUT2D eigenvalue weighted by atomic mass is 10.0. The van der Waals surface area contributed by atoms with E-state index in [0.717, 1.165) is 5.56 Å². The molecular formula is C16H23NO4. The topological polar surface area (TPSA) is 75.6 Å². The fourth-order valence-electron chi connectivity index (χ4n) is 2.02. The molecule has 2 N–H and O–H groups in total. The molecule has 1 atom stereocenters. The number of ether oxygens (including phenoxy) is 1. The Balaban J connectivity index is 2.52. The minimum absolute atomic E-state index is 0.0266. The van der Waals surface area contributed by atoms with E-state index in [4.69, 9.17) is 9.84 Å². The molecule has 0 saturated carbocycles. The van der Waals surface area contributed by atoms with Gasteiger partial charge < -0.3 is 15.2 Å². The molecule has 0 aliphatic rings. The van der Waals surface area contributed by atoms with Crippen LogP contribution in [0.25, 0.3) is 0 Å². The van der Waals surface area contributed by atoms with Crippen molar-refractivity contribution in [3.05, 3.63) is 35.9 Å². The minimum atomic E-state index is -0.860. The van der Waals surface area contributed by atoms with Crippen molar-refractivity contribution in [1.82, 2.24) is 5.32 Å². The van der Waals surface area contributed by atoms with Crippen LogP contribution in [-0.4, -0.2) is 30.2 Å². The number of aliphatic carboxylic acids is 1. The molecule has 21 heavy (non-hydrogen) atoms. The van der Waals surface area contributed by atoms with E-state index in [9.17, 15) is 9.59 Å². The standard InChI is InChI=1S/C16H23NO4/c1-2-21-12-6-9-15(18)17-14(10-11-16(19)20)13-7-4-3-5-8-13/h3-5,7-8,14H,2,6,9-12H2,1H3,(H,17,18)(H,19,20). The van der Waals surface area contributed by atoms with Gasteiger partial charge in [-0.15, -0.1) is 0 Å². The van der Waals surface area contributed by atoms with Gasteiger partial charge in [-0.3, -0.25) is 9.59 Å². The van der Waals surface area contributed by atoms with E-state index in [2.05, 4.69) is 5.32 Å². The number of hydrogen-bond donors (Lipinski definition) is 2. The van der Waals surface area contributed by atoms with Crippen LogP contribution in [0.4, 0.5) is 0 Å². The lowest BCUT2D eigenvalue weighted by Crippen LogP contribution is -2.29. The maximum Gasteiger partial charge on any atom is 0.303 e. The van der Waals surface area contributed by atoms with Gasteiger partial charge in [-0.25, -0.2) is 0 Å². The van der Waals surface area contributed by atoms with Crippen LogP contribution in [0, 0.1) is 0 Å². The molecule has 0 aliphatic heterocycles. The molecule has 0 radical (unpaired) electrons. The maximum atomic E-state index is 11.9. The Bertz CT molecular complexity index is 433. The molecule has 5 nitrogen and oxygen atoms in total. The van der Waals surface area contributed by atoms with Gasteiger partial charge in [-0.05, 0) is 25.3 Å². The van der Waals surface area contributed by atoms with E-state index in [1.807, 2.05) is 37.3 Å². The second-order valence-electron chi connectivity index (χ2n) is 4.76. The molecule has 0 spiro atoms. The number of benzene rings is 1. The zero-order valence-corrected chi connectivity index (χ0v) is 12.4. The number of hydrogen-bond acceptors (Lipinski definition) is 3. The molecule has 0 fully saturated rings. The van der Waals surface area contributed by atoms with E-state index >= 15 is 0 Å². The van der Waals surface area contributed by atoms with E-state index in [-0.39, 0.29) is 18.4 Å². The second-order valence-corrected chi connectivity index (χ2v) is 4.76. The van der Waals surface area contributed by atoms with Crippen LogP contribution in [0.1, 0.15) is 44.2 Å². The first-order chi connectivity index (χ1) is 10.1. The smallest absolute Gasteiger partial charge is 0.303 e. The normalized spacial score (nSPS) is 11.9. The molecule has 0 saturated heterocycles. The summed E-state index contributed by atoms with van der Waals surface area (Å²) in [6, 6.07) is 9.18. The average molecular weight is 293 g/mol. The van der Waals surface area contributed by atoms with Crippen LogP contribution in [-0.2, 0) is 14.3 Å². The summed E-state index contributed by atoms with van der Waals surface area (Å²) in [4.78, 5) is 22.7. The van der Waals surface area contributed by atoms with Crippen LogP contribution >= 0.6 is 0 Å². The molecule has 1 aromatic rings. The van der Waals surface area contributed by atoms with Crippen LogP contribution < -0.4 is 5.32 Å². The maximum absolute atomic E-state index is 11.9. The fourth-order valence-corrected chi connectivity index (χ4v) is 2.02. The molecule has 1 aromatic carbocycles. The Morgan fingerprint density at radius 3 is 2.57 bits per heavy atom. The Kier molecular flexibility index (Phi) is 8.12. The molecule has 1 amide bonds. The SMILES string of the molecule is CCOCCCC(=O)NC(CCC(=O)O)c1ccccc1. The Hall–Kier alpha value is -1.88. The number of amides is 1. The van der Waals surface area contributed by atoms with Crippen LogP contribution in [0.5, 0.6) is 0 Å². The number of carboxylic acid groups (broad SMARTS) is 1. The molecule has 0 aliphatic carbocycles. The first kappa shape index (κ1) is 17.2. The zero-order chi connectivity index (χ0) is 15.5. The highest BCUT2D eigenvalue weighted by molar-refractivity contribution is 5.76. The van der Waals surface area contributed by atoms with Crippen molar-refractivity contribution >= 4 is 11.9 Å². The lowest BCUT2D eigenvalue weighted by Gasteiger charge is -2.18. The third kappa shape index (κ3) is 7.46. The van der Waals surface area contributed by atoms with Crippen molar-refractivity contribution in [3.8, 4) is 0 Å². The van der Waals surface area contributed by atoms with Gasteiger partial charge in [0, 0.05) is 26.1 Å². The van der Waals surface area contributed by atoms with Crippen LogP contribution in [0.15, 0.2) is 30.3 Å². The Labute approximate surface area is 125 Å². The highest BCUT2D eigenvalue weighted by atomic mass is 16.5. The summed E-state index contributed by atoms with van der Waals surface area (Å²) in [6.45, 7) is 3.12. The van der Waals surface area contributed by atoms with Crippen molar-refractivity contribution in [2.45, 2.75) is 38.6 Å². The van der Waals surface area contributed by atoms with Gasteiger partial charge in [-0.2, -0.15) is 0 Å². The predicted octanol–water partition coefficient (Wildman–Crippen LogP) is 2.53. The molecule has 1 rings (SSSR count). The first-order valence-electron chi connectivity index (χ1n) is 7.27. The van der Waals surface area contributed by atoms with Crippen LogP contribution in [0.2, 0.25) is 0 Å². The summed E-state index contributed by atoms with van der Waals surface area (Å²) in [5.74, 6) is -0.935. The highest BCUT2D eigenvalue weighted by Gasteiger charge is 2.15. The zero-order valence-electron chi connectivity index (χ0n) is 12.4. The van der Waals surface area contributed by atoms with Gasteiger partial charge in [0.25, 0.3) is 0 Å². The summed E-state index contributed by atoms with van der Waals surface area (Å²) in [5.41, 5.74) is 0.928. The van der Waals surface area contributed by atoms with Gasteiger partial charge in [0.1, 0.15) is 0 Å². The summed E-state index contributed by atoms with van der Waals surface area (Å²) in [5, 5.41) is 11.7. The number of carbonyl (C=O) groups excluding carboxylic acids is 1. The average Bonchev–Trinajstić information content (AvgIpc) is 2.48. The van der Waals surface area contributed by atoms with Crippen molar-refractivity contribution < 1.29 is 19.4 Å². The van der Waals surface area contributed by atoms with Crippen LogP contribution in [0.3, 0.4) is 0 Å². The Morgan fingerprint density at radius 2 is 1.95 bits per heavy atom. The van der Waals surface area contributed by atoms with Crippen molar-refractivity contribution in [2.24, 2.45) is 0 Å². The summed E-state index contributed by atoms with van der Waals surface area (Å²) < 4.78 is 5.19. The van der Waals surface area contributed by atoms with Gasteiger partial charge in [0.05, 0.1) is 6.04 Å². The van der Waals surface area contributed by atoms with Gasteiger partial charge >= 0.3 is 5.97 Å². The van der Waals surface area contributed by atoms with Crippen molar-refractivity contribution in [2.75, 3.05) is 13.2 Å². The molecule has 116 valence electrons. The third-order valence-electron chi connectivity index (χ3n) is 3.08.